The fourth-order valence-electron chi connectivity index (χ4n) is 2.10. The summed E-state index contributed by atoms with van der Waals surface area (Å²) >= 11 is 0. The average molecular weight is 332 g/mol. The van der Waals surface area contributed by atoms with Crippen molar-refractivity contribution < 1.29 is 14.2 Å². The topological polar surface area (TPSA) is 27.7 Å². The third-order valence-electron chi connectivity index (χ3n) is 3.83. The van der Waals surface area contributed by atoms with E-state index in [1.807, 2.05) is 6.26 Å². The number of ether oxygens (including phenoxy) is 3. The molecule has 0 aliphatic carbocycles. The minimum absolute atomic E-state index is 0.555. The lowest BCUT2D eigenvalue weighted by Gasteiger charge is -2.08. The van der Waals surface area contributed by atoms with Crippen LogP contribution in [0.25, 0.3) is 11.1 Å². The molecule has 0 aromatic heterocycles. The van der Waals surface area contributed by atoms with E-state index in [0.717, 1.165) is 25.0 Å². The smallest absolute Gasteiger partial charge is 0.111 e. The van der Waals surface area contributed by atoms with Crippen LogP contribution in [0.2, 0.25) is 0 Å². The largest absolute Gasteiger partial charge is 0.498 e. The molecule has 0 fully saturated rings. The van der Waals surface area contributed by atoms with Crippen molar-refractivity contribution in [2.45, 2.75) is 40.5 Å². The monoisotopic (exact) mass is 332 g/mol. The summed E-state index contributed by atoms with van der Waals surface area (Å²) < 4.78 is 16.5. The van der Waals surface area contributed by atoms with Crippen LogP contribution in [-0.2, 0) is 14.2 Å². The molecule has 1 aromatic rings. The molecule has 134 valence electrons. The van der Waals surface area contributed by atoms with Crippen LogP contribution in [-0.4, -0.2) is 33.0 Å². The van der Waals surface area contributed by atoms with Gasteiger partial charge in [0, 0.05) is 6.61 Å². The summed E-state index contributed by atoms with van der Waals surface area (Å²) in [5, 5.41) is 0. The van der Waals surface area contributed by atoms with Crippen molar-refractivity contribution in [3.8, 4) is 0 Å². The van der Waals surface area contributed by atoms with E-state index in [1.54, 1.807) is 0 Å². The van der Waals surface area contributed by atoms with Gasteiger partial charge in [0.1, 0.15) is 6.61 Å². The maximum Gasteiger partial charge on any atom is 0.111 e. The molecule has 0 spiro atoms. The van der Waals surface area contributed by atoms with Gasteiger partial charge in [-0.3, -0.25) is 0 Å². The Hall–Kier alpha value is -1.58. The van der Waals surface area contributed by atoms with E-state index in [1.165, 1.54) is 16.7 Å². The quantitative estimate of drug-likeness (QED) is 0.383. The van der Waals surface area contributed by atoms with E-state index >= 15 is 0 Å². The summed E-state index contributed by atoms with van der Waals surface area (Å²) in [5.41, 5.74) is 4.82. The van der Waals surface area contributed by atoms with Crippen molar-refractivity contribution >= 4 is 11.1 Å². The molecule has 3 heteroatoms. The normalized spacial score (nSPS) is 12.5. The Kier molecular flexibility index (Phi) is 10.9. The van der Waals surface area contributed by atoms with E-state index in [2.05, 4.69) is 58.0 Å². The molecule has 0 bridgehead atoms. The van der Waals surface area contributed by atoms with Crippen molar-refractivity contribution in [2.24, 2.45) is 0 Å². The van der Waals surface area contributed by atoms with Crippen molar-refractivity contribution in [3.63, 3.8) is 0 Å². The van der Waals surface area contributed by atoms with Crippen LogP contribution < -0.4 is 0 Å². The highest BCUT2D eigenvalue weighted by Gasteiger charge is 2.00. The number of rotatable bonds is 12. The molecule has 0 amide bonds. The van der Waals surface area contributed by atoms with Crippen molar-refractivity contribution in [3.05, 3.63) is 47.7 Å². The van der Waals surface area contributed by atoms with E-state index in [4.69, 9.17) is 14.2 Å². The lowest BCUT2D eigenvalue weighted by Crippen LogP contribution is -2.08. The first kappa shape index (κ1) is 20.5. The maximum atomic E-state index is 5.58. The highest BCUT2D eigenvalue weighted by atomic mass is 16.5. The molecule has 0 unspecified atom stereocenters. The van der Waals surface area contributed by atoms with Gasteiger partial charge in [-0.1, -0.05) is 37.6 Å². The first-order valence-corrected chi connectivity index (χ1v) is 8.86. The predicted octanol–water partition coefficient (Wildman–Crippen LogP) is 5.32. The minimum Gasteiger partial charge on any atom is -0.498 e. The third-order valence-corrected chi connectivity index (χ3v) is 3.83. The SMILES string of the molecule is C/C=C(\C)c1cccc(/C(C)=C/OCCOCCOCCCC)c1. The van der Waals surface area contributed by atoms with Gasteiger partial charge in [0.15, 0.2) is 0 Å². The summed E-state index contributed by atoms with van der Waals surface area (Å²) in [6.45, 7) is 11.6. The maximum absolute atomic E-state index is 5.58. The van der Waals surface area contributed by atoms with E-state index < -0.39 is 0 Å². The summed E-state index contributed by atoms with van der Waals surface area (Å²) in [6, 6.07) is 8.50. The molecule has 1 aromatic carbocycles. The lowest BCUT2D eigenvalue weighted by molar-refractivity contribution is 0.0300. The molecule has 0 N–H and O–H groups in total. The van der Waals surface area contributed by atoms with Crippen LogP contribution in [0, 0.1) is 0 Å². The molecule has 24 heavy (non-hydrogen) atoms. The van der Waals surface area contributed by atoms with Gasteiger partial charge >= 0.3 is 0 Å². The molecule has 0 radical (unpaired) electrons. The Morgan fingerprint density at radius 3 is 2.21 bits per heavy atom. The molecular weight excluding hydrogens is 300 g/mol. The first-order chi connectivity index (χ1) is 11.7. The second kappa shape index (κ2) is 12.8. The van der Waals surface area contributed by atoms with Crippen molar-refractivity contribution in [1.29, 1.82) is 0 Å². The minimum atomic E-state index is 0.555. The summed E-state index contributed by atoms with van der Waals surface area (Å²) in [7, 11) is 0. The van der Waals surface area contributed by atoms with Crippen LogP contribution in [0.15, 0.2) is 36.6 Å². The molecule has 1 rings (SSSR count). The summed E-state index contributed by atoms with van der Waals surface area (Å²) in [4.78, 5) is 0. The highest BCUT2D eigenvalue weighted by molar-refractivity contribution is 5.70. The number of hydrogen-bond acceptors (Lipinski definition) is 3. The fraction of sp³-hybridized carbons (Fsp3) is 0.524. The van der Waals surface area contributed by atoms with E-state index in [-0.39, 0.29) is 0 Å². The Morgan fingerprint density at radius 1 is 0.917 bits per heavy atom. The van der Waals surface area contributed by atoms with Gasteiger partial charge in [-0.2, -0.15) is 0 Å². The summed E-state index contributed by atoms with van der Waals surface area (Å²) in [6.07, 6.45) is 6.21. The number of benzene rings is 1. The van der Waals surface area contributed by atoms with Gasteiger partial charge < -0.3 is 14.2 Å². The Balaban J connectivity index is 2.25. The van der Waals surface area contributed by atoms with Gasteiger partial charge in [-0.15, -0.1) is 0 Å². The zero-order valence-electron chi connectivity index (χ0n) is 15.6. The van der Waals surface area contributed by atoms with Gasteiger partial charge in [0.2, 0.25) is 0 Å². The van der Waals surface area contributed by atoms with Gasteiger partial charge in [-0.05, 0) is 55.5 Å². The molecule has 0 aliphatic rings. The Labute approximate surface area is 147 Å². The Morgan fingerprint density at radius 2 is 1.54 bits per heavy atom. The van der Waals surface area contributed by atoms with Crippen molar-refractivity contribution in [2.75, 3.05) is 33.0 Å². The molecular formula is C21H32O3. The number of hydrogen-bond donors (Lipinski definition) is 0. The van der Waals surface area contributed by atoms with E-state index in [9.17, 15) is 0 Å². The first-order valence-electron chi connectivity index (χ1n) is 8.86. The predicted molar refractivity (Wildman–Crippen MR) is 102 cm³/mol. The molecule has 3 nitrogen and oxygen atoms in total. The molecule has 0 saturated heterocycles. The van der Waals surface area contributed by atoms with Crippen LogP contribution in [0.1, 0.15) is 51.7 Å². The zero-order valence-corrected chi connectivity index (χ0v) is 15.6. The molecule has 0 atom stereocenters. The molecule has 0 heterocycles. The fourth-order valence-corrected chi connectivity index (χ4v) is 2.10. The zero-order chi connectivity index (χ0) is 17.6. The van der Waals surface area contributed by atoms with Gasteiger partial charge in [-0.25, -0.2) is 0 Å². The third kappa shape index (κ3) is 8.32. The van der Waals surface area contributed by atoms with E-state index in [0.29, 0.717) is 26.4 Å². The van der Waals surface area contributed by atoms with Crippen LogP contribution in [0.3, 0.4) is 0 Å². The van der Waals surface area contributed by atoms with Crippen molar-refractivity contribution in [1.82, 2.24) is 0 Å². The van der Waals surface area contributed by atoms with Crippen LogP contribution >= 0.6 is 0 Å². The highest BCUT2D eigenvalue weighted by Crippen LogP contribution is 2.20. The second-order valence-electron chi connectivity index (χ2n) is 5.80. The number of allylic oxidation sites excluding steroid dienone is 3. The number of unbranched alkanes of at least 4 members (excludes halogenated alkanes) is 1. The molecule has 0 aliphatic heterocycles. The van der Waals surface area contributed by atoms with Crippen LogP contribution in [0.5, 0.6) is 0 Å². The lowest BCUT2D eigenvalue weighted by atomic mass is 10.0. The van der Waals surface area contributed by atoms with Gasteiger partial charge in [0.25, 0.3) is 0 Å². The Bertz CT molecular complexity index is 518. The average Bonchev–Trinajstić information content (AvgIpc) is 2.62. The van der Waals surface area contributed by atoms with Gasteiger partial charge in [0.05, 0.1) is 26.1 Å². The molecule has 0 saturated carbocycles. The second-order valence-corrected chi connectivity index (χ2v) is 5.80. The summed E-state index contributed by atoms with van der Waals surface area (Å²) in [5.74, 6) is 0. The standard InChI is InChI=1S/C21H32O3/c1-5-7-11-22-12-13-23-14-15-24-17-19(4)21-10-8-9-20(16-21)18(3)6-2/h6,8-10,16-17H,5,7,11-15H2,1-4H3/b18-6+,19-17+. The van der Waals surface area contributed by atoms with Crippen LogP contribution in [0.4, 0.5) is 0 Å².